The van der Waals surface area contributed by atoms with Gasteiger partial charge in [0.1, 0.15) is 0 Å². The molecular weight excluding hydrogens is 270 g/mol. The summed E-state index contributed by atoms with van der Waals surface area (Å²) in [6.07, 6.45) is 2.06. The number of amides is 1. The van der Waals surface area contributed by atoms with Crippen molar-refractivity contribution in [1.29, 1.82) is 0 Å². The molecule has 0 radical (unpaired) electrons. The van der Waals surface area contributed by atoms with E-state index in [0.29, 0.717) is 18.6 Å². The third-order valence-electron chi connectivity index (χ3n) is 3.69. The van der Waals surface area contributed by atoms with E-state index < -0.39 is 18.2 Å². The highest BCUT2D eigenvalue weighted by atomic mass is 16.6. The summed E-state index contributed by atoms with van der Waals surface area (Å²) in [7, 11) is 0. The minimum absolute atomic E-state index is 0.227. The van der Waals surface area contributed by atoms with Gasteiger partial charge in [0.25, 0.3) is 5.91 Å². The van der Waals surface area contributed by atoms with Crippen LogP contribution in [0.1, 0.15) is 37.4 Å². The van der Waals surface area contributed by atoms with Gasteiger partial charge in [0.15, 0.2) is 6.10 Å². The van der Waals surface area contributed by atoms with Crippen molar-refractivity contribution < 1.29 is 19.1 Å². The van der Waals surface area contributed by atoms with E-state index in [1.807, 2.05) is 18.2 Å². The molecule has 5 nitrogen and oxygen atoms in total. The van der Waals surface area contributed by atoms with E-state index in [1.165, 1.54) is 0 Å². The van der Waals surface area contributed by atoms with Crippen LogP contribution in [0.15, 0.2) is 30.3 Å². The van der Waals surface area contributed by atoms with E-state index in [9.17, 15) is 9.59 Å². The Labute approximate surface area is 123 Å². The maximum atomic E-state index is 12.3. The van der Waals surface area contributed by atoms with Crippen LogP contribution in [0.5, 0.6) is 0 Å². The van der Waals surface area contributed by atoms with Crippen molar-refractivity contribution in [1.82, 2.24) is 5.32 Å². The number of hydrogen-bond donors (Lipinski definition) is 1. The lowest BCUT2D eigenvalue weighted by Crippen LogP contribution is -2.35. The van der Waals surface area contributed by atoms with E-state index in [-0.39, 0.29) is 11.9 Å². The Kier molecular flexibility index (Phi) is 4.20. The fraction of sp³-hybridized carbons (Fsp3) is 0.500. The molecule has 2 fully saturated rings. The van der Waals surface area contributed by atoms with Crippen molar-refractivity contribution in [2.24, 2.45) is 0 Å². The summed E-state index contributed by atoms with van der Waals surface area (Å²) in [6.45, 7) is 0.573. The molecule has 1 aliphatic carbocycles. The standard InChI is InChI=1S/C16H19NO4/c18-15(17-12-8-9-12)14(11-5-2-1-3-6-11)21-16(19)13-7-4-10-20-13/h1-3,5-6,12-14H,4,7-10H2,(H,17,18)/t13-,14+/m0/s1. The molecular formula is C16H19NO4. The molecule has 0 unspecified atom stereocenters. The van der Waals surface area contributed by atoms with Gasteiger partial charge in [-0.3, -0.25) is 4.79 Å². The Balaban J connectivity index is 1.71. The summed E-state index contributed by atoms with van der Waals surface area (Å²) < 4.78 is 10.8. The van der Waals surface area contributed by atoms with E-state index >= 15 is 0 Å². The Bertz CT molecular complexity index is 506. The second-order valence-electron chi connectivity index (χ2n) is 5.51. The molecule has 2 atom stereocenters. The van der Waals surface area contributed by atoms with Crippen molar-refractivity contribution in [3.63, 3.8) is 0 Å². The lowest BCUT2D eigenvalue weighted by atomic mass is 10.1. The Morgan fingerprint density at radius 3 is 2.57 bits per heavy atom. The van der Waals surface area contributed by atoms with Crippen LogP contribution >= 0.6 is 0 Å². The molecule has 0 bridgehead atoms. The largest absolute Gasteiger partial charge is 0.445 e. The second-order valence-corrected chi connectivity index (χ2v) is 5.51. The molecule has 1 amide bonds. The predicted molar refractivity (Wildman–Crippen MR) is 75.4 cm³/mol. The Morgan fingerprint density at radius 2 is 1.95 bits per heavy atom. The lowest BCUT2D eigenvalue weighted by molar-refractivity contribution is -0.165. The highest BCUT2D eigenvalue weighted by molar-refractivity contribution is 5.86. The van der Waals surface area contributed by atoms with Crippen LogP contribution in [-0.2, 0) is 19.1 Å². The molecule has 0 spiro atoms. The number of esters is 1. The van der Waals surface area contributed by atoms with E-state index in [4.69, 9.17) is 9.47 Å². The van der Waals surface area contributed by atoms with Gasteiger partial charge in [0, 0.05) is 18.2 Å². The van der Waals surface area contributed by atoms with Crippen molar-refractivity contribution in [3.05, 3.63) is 35.9 Å². The van der Waals surface area contributed by atoms with Gasteiger partial charge in [-0.25, -0.2) is 4.79 Å². The van der Waals surface area contributed by atoms with Gasteiger partial charge < -0.3 is 14.8 Å². The quantitative estimate of drug-likeness (QED) is 0.838. The van der Waals surface area contributed by atoms with Crippen molar-refractivity contribution >= 4 is 11.9 Å². The highest BCUT2D eigenvalue weighted by Gasteiger charge is 2.33. The summed E-state index contributed by atoms with van der Waals surface area (Å²) >= 11 is 0. The monoisotopic (exact) mass is 289 g/mol. The van der Waals surface area contributed by atoms with Gasteiger partial charge in [-0.2, -0.15) is 0 Å². The number of hydrogen-bond acceptors (Lipinski definition) is 4. The van der Waals surface area contributed by atoms with Crippen molar-refractivity contribution in [2.75, 3.05) is 6.61 Å². The van der Waals surface area contributed by atoms with Crippen molar-refractivity contribution in [3.8, 4) is 0 Å². The topological polar surface area (TPSA) is 64.6 Å². The lowest BCUT2D eigenvalue weighted by Gasteiger charge is -2.19. The first-order valence-electron chi connectivity index (χ1n) is 7.41. The fourth-order valence-corrected chi connectivity index (χ4v) is 2.36. The number of carbonyl (C=O) groups is 2. The van der Waals surface area contributed by atoms with Gasteiger partial charge in [-0.05, 0) is 25.7 Å². The summed E-state index contributed by atoms with van der Waals surface area (Å²) in [6, 6.07) is 9.32. The number of carbonyl (C=O) groups excluding carboxylic acids is 2. The highest BCUT2D eigenvalue weighted by Crippen LogP contribution is 2.24. The van der Waals surface area contributed by atoms with Crippen LogP contribution in [0.2, 0.25) is 0 Å². The molecule has 1 aromatic rings. The van der Waals surface area contributed by atoms with Crippen LogP contribution in [-0.4, -0.2) is 30.6 Å². The van der Waals surface area contributed by atoms with Gasteiger partial charge in [-0.1, -0.05) is 30.3 Å². The first kappa shape index (κ1) is 14.1. The molecule has 5 heteroatoms. The number of rotatable bonds is 5. The average Bonchev–Trinajstić information content (AvgIpc) is 3.15. The molecule has 112 valence electrons. The zero-order valence-corrected chi connectivity index (χ0v) is 11.8. The number of ether oxygens (including phenoxy) is 2. The maximum Gasteiger partial charge on any atom is 0.336 e. The summed E-state index contributed by atoms with van der Waals surface area (Å²) in [5, 5.41) is 2.89. The van der Waals surface area contributed by atoms with Crippen LogP contribution in [0, 0.1) is 0 Å². The van der Waals surface area contributed by atoms with Gasteiger partial charge in [0.2, 0.25) is 6.10 Å². The second kappa shape index (κ2) is 6.26. The molecule has 1 aromatic carbocycles. The summed E-state index contributed by atoms with van der Waals surface area (Å²) in [5.74, 6) is -0.706. The zero-order chi connectivity index (χ0) is 14.7. The summed E-state index contributed by atoms with van der Waals surface area (Å²) in [5.41, 5.74) is 0.682. The molecule has 1 saturated heterocycles. The minimum atomic E-state index is -0.900. The van der Waals surface area contributed by atoms with E-state index in [2.05, 4.69) is 5.32 Å². The molecule has 1 heterocycles. The van der Waals surface area contributed by atoms with E-state index in [1.54, 1.807) is 12.1 Å². The molecule has 3 rings (SSSR count). The maximum absolute atomic E-state index is 12.3. The van der Waals surface area contributed by atoms with Gasteiger partial charge in [-0.15, -0.1) is 0 Å². The molecule has 2 aliphatic rings. The zero-order valence-electron chi connectivity index (χ0n) is 11.8. The third kappa shape index (κ3) is 3.61. The normalized spacial score (nSPS) is 22.6. The molecule has 1 saturated carbocycles. The van der Waals surface area contributed by atoms with Gasteiger partial charge in [0.05, 0.1) is 0 Å². The summed E-state index contributed by atoms with van der Waals surface area (Å²) in [4.78, 5) is 24.4. The number of benzene rings is 1. The Morgan fingerprint density at radius 1 is 1.19 bits per heavy atom. The molecule has 21 heavy (non-hydrogen) atoms. The van der Waals surface area contributed by atoms with Gasteiger partial charge >= 0.3 is 5.97 Å². The molecule has 0 aromatic heterocycles. The Hall–Kier alpha value is -1.88. The molecule has 1 N–H and O–H groups in total. The first-order valence-corrected chi connectivity index (χ1v) is 7.41. The van der Waals surface area contributed by atoms with Crippen LogP contribution in [0.3, 0.4) is 0 Å². The van der Waals surface area contributed by atoms with Crippen LogP contribution in [0.4, 0.5) is 0 Å². The third-order valence-corrected chi connectivity index (χ3v) is 3.69. The van der Waals surface area contributed by atoms with E-state index in [0.717, 1.165) is 19.3 Å². The molecule has 1 aliphatic heterocycles. The number of nitrogens with one attached hydrogen (secondary N) is 1. The first-order chi connectivity index (χ1) is 10.2. The van der Waals surface area contributed by atoms with Crippen LogP contribution in [0.25, 0.3) is 0 Å². The average molecular weight is 289 g/mol. The predicted octanol–water partition coefficient (Wildman–Crippen LogP) is 1.73. The SMILES string of the molecule is O=C(O[C@@H](C(=O)NC1CC1)c1ccccc1)[C@@H]1CCCO1. The smallest absolute Gasteiger partial charge is 0.336 e. The minimum Gasteiger partial charge on any atom is -0.445 e. The van der Waals surface area contributed by atoms with Crippen molar-refractivity contribution in [2.45, 2.75) is 43.9 Å². The fourth-order valence-electron chi connectivity index (χ4n) is 2.36. The van der Waals surface area contributed by atoms with Crippen LogP contribution < -0.4 is 5.32 Å².